The molecule has 0 atom stereocenters. The first kappa shape index (κ1) is 22.6. The standard InChI is InChI=1S/C25H24ClN3O4/c1-16-27-15-21(28-16)25-29-24(18-7-9-19(26)10-8-18)22(33-25)4-3-13-32-20-11-5-17(6-12-20)14-23(30)31-2/h5-12,15H,3-4,13-14H2,1-2H3,(H,27,28). The molecule has 0 spiro atoms. The Bertz CT molecular complexity index is 1210. The van der Waals surface area contributed by atoms with E-state index in [0.29, 0.717) is 23.9 Å². The highest BCUT2D eigenvalue weighted by Crippen LogP contribution is 2.30. The molecular formula is C25H24ClN3O4. The Kier molecular flexibility index (Phi) is 7.10. The predicted octanol–water partition coefficient (Wildman–Crippen LogP) is 5.42. The molecular weight excluding hydrogens is 442 g/mol. The van der Waals surface area contributed by atoms with Crippen LogP contribution in [-0.4, -0.2) is 34.6 Å². The molecule has 0 bridgehead atoms. The summed E-state index contributed by atoms with van der Waals surface area (Å²) in [6.45, 7) is 2.39. The molecule has 0 saturated heterocycles. The molecule has 0 aliphatic carbocycles. The fourth-order valence-electron chi connectivity index (χ4n) is 3.36. The number of rotatable bonds is 9. The van der Waals surface area contributed by atoms with Gasteiger partial charge in [-0.3, -0.25) is 4.79 Å². The smallest absolute Gasteiger partial charge is 0.309 e. The number of methoxy groups -OCH3 is 1. The van der Waals surface area contributed by atoms with E-state index in [0.717, 1.165) is 46.3 Å². The number of H-pyrrole nitrogens is 1. The van der Waals surface area contributed by atoms with Gasteiger partial charge in [-0.25, -0.2) is 9.97 Å². The highest BCUT2D eigenvalue weighted by atomic mass is 35.5. The van der Waals surface area contributed by atoms with Crippen molar-refractivity contribution < 1.29 is 18.7 Å². The Labute approximate surface area is 196 Å². The molecule has 7 nitrogen and oxygen atoms in total. The minimum atomic E-state index is -0.267. The van der Waals surface area contributed by atoms with Crippen LogP contribution < -0.4 is 4.74 Å². The number of halogens is 1. The van der Waals surface area contributed by atoms with E-state index in [2.05, 4.69) is 14.7 Å². The number of imidazole rings is 1. The average Bonchev–Trinajstić information content (AvgIpc) is 3.44. The molecule has 0 saturated carbocycles. The van der Waals surface area contributed by atoms with Gasteiger partial charge in [-0.05, 0) is 43.2 Å². The minimum absolute atomic E-state index is 0.244. The zero-order valence-electron chi connectivity index (χ0n) is 18.4. The van der Waals surface area contributed by atoms with Crippen LogP contribution in [0, 0.1) is 6.92 Å². The first-order valence-electron chi connectivity index (χ1n) is 10.6. The van der Waals surface area contributed by atoms with E-state index in [1.165, 1.54) is 7.11 Å². The van der Waals surface area contributed by atoms with Gasteiger partial charge in [0.15, 0.2) is 0 Å². The van der Waals surface area contributed by atoms with Crippen molar-refractivity contribution in [3.63, 3.8) is 0 Å². The maximum Gasteiger partial charge on any atom is 0.309 e. The van der Waals surface area contributed by atoms with Crippen molar-refractivity contribution in [2.45, 2.75) is 26.2 Å². The number of benzene rings is 2. The summed E-state index contributed by atoms with van der Waals surface area (Å²) in [6.07, 6.45) is 3.34. The van der Waals surface area contributed by atoms with Crippen LogP contribution in [0.15, 0.2) is 59.1 Å². The van der Waals surface area contributed by atoms with E-state index in [-0.39, 0.29) is 12.4 Å². The highest BCUT2D eigenvalue weighted by Gasteiger charge is 2.17. The summed E-state index contributed by atoms with van der Waals surface area (Å²) < 4.78 is 16.6. The zero-order valence-corrected chi connectivity index (χ0v) is 19.2. The lowest BCUT2D eigenvalue weighted by Gasteiger charge is -2.07. The maximum atomic E-state index is 11.4. The average molecular weight is 466 g/mol. The van der Waals surface area contributed by atoms with Crippen LogP contribution in [0.4, 0.5) is 0 Å². The number of hydrogen-bond acceptors (Lipinski definition) is 6. The molecule has 1 N–H and O–H groups in total. The molecule has 33 heavy (non-hydrogen) atoms. The third-order valence-electron chi connectivity index (χ3n) is 5.06. The van der Waals surface area contributed by atoms with Crippen LogP contribution in [0.1, 0.15) is 23.6 Å². The molecule has 0 amide bonds. The Balaban J connectivity index is 1.42. The van der Waals surface area contributed by atoms with Crippen LogP contribution in [0.2, 0.25) is 5.02 Å². The summed E-state index contributed by atoms with van der Waals surface area (Å²) >= 11 is 6.05. The second kappa shape index (κ2) is 10.4. The highest BCUT2D eigenvalue weighted by molar-refractivity contribution is 6.30. The van der Waals surface area contributed by atoms with Crippen molar-refractivity contribution in [2.24, 2.45) is 0 Å². The minimum Gasteiger partial charge on any atom is -0.494 e. The number of aromatic nitrogens is 3. The topological polar surface area (TPSA) is 90.2 Å². The molecule has 0 aliphatic heterocycles. The Morgan fingerprint density at radius 3 is 2.55 bits per heavy atom. The van der Waals surface area contributed by atoms with Gasteiger partial charge >= 0.3 is 5.97 Å². The number of hydrogen-bond donors (Lipinski definition) is 1. The largest absolute Gasteiger partial charge is 0.494 e. The second-order valence-electron chi connectivity index (χ2n) is 7.53. The zero-order chi connectivity index (χ0) is 23.2. The summed E-state index contributed by atoms with van der Waals surface area (Å²) in [7, 11) is 1.38. The number of esters is 1. The molecule has 170 valence electrons. The normalized spacial score (nSPS) is 10.9. The first-order valence-corrected chi connectivity index (χ1v) is 11.0. The van der Waals surface area contributed by atoms with Gasteiger partial charge in [-0.1, -0.05) is 35.9 Å². The number of nitrogens with one attached hydrogen (secondary N) is 1. The van der Waals surface area contributed by atoms with Crippen LogP contribution in [0.25, 0.3) is 22.8 Å². The lowest BCUT2D eigenvalue weighted by Crippen LogP contribution is -2.04. The molecule has 2 aromatic heterocycles. The van der Waals surface area contributed by atoms with Crippen molar-refractivity contribution in [2.75, 3.05) is 13.7 Å². The number of aromatic amines is 1. The van der Waals surface area contributed by atoms with E-state index < -0.39 is 0 Å². The number of oxazole rings is 1. The van der Waals surface area contributed by atoms with Crippen LogP contribution >= 0.6 is 11.6 Å². The quantitative estimate of drug-likeness (QED) is 0.262. The molecule has 0 aliphatic rings. The number of carbonyl (C=O) groups excluding carboxylic acids is 1. The van der Waals surface area contributed by atoms with Crippen molar-refractivity contribution in [1.29, 1.82) is 0 Å². The fourth-order valence-corrected chi connectivity index (χ4v) is 3.49. The lowest BCUT2D eigenvalue weighted by atomic mass is 10.1. The second-order valence-corrected chi connectivity index (χ2v) is 7.97. The summed E-state index contributed by atoms with van der Waals surface area (Å²) in [4.78, 5) is 23.5. The lowest BCUT2D eigenvalue weighted by molar-refractivity contribution is -0.139. The van der Waals surface area contributed by atoms with Gasteiger partial charge in [0.05, 0.1) is 26.3 Å². The molecule has 0 fully saturated rings. The summed E-state index contributed by atoms with van der Waals surface area (Å²) in [5.41, 5.74) is 3.33. The molecule has 2 heterocycles. The van der Waals surface area contributed by atoms with Gasteiger partial charge < -0.3 is 18.9 Å². The molecule has 8 heteroatoms. The van der Waals surface area contributed by atoms with Crippen LogP contribution in [-0.2, 0) is 22.4 Å². The van der Waals surface area contributed by atoms with Gasteiger partial charge in [-0.15, -0.1) is 0 Å². The van der Waals surface area contributed by atoms with Gasteiger partial charge in [0.1, 0.15) is 28.7 Å². The van der Waals surface area contributed by atoms with Crippen molar-refractivity contribution in [3.8, 4) is 28.6 Å². The number of nitrogens with zero attached hydrogens (tertiary/aromatic N) is 2. The van der Waals surface area contributed by atoms with Crippen LogP contribution in [0.3, 0.4) is 0 Å². The number of aryl methyl sites for hydroxylation is 2. The van der Waals surface area contributed by atoms with Gasteiger partial charge in [0, 0.05) is 17.0 Å². The monoisotopic (exact) mass is 465 g/mol. The molecule has 2 aromatic carbocycles. The van der Waals surface area contributed by atoms with Gasteiger partial charge in [0.25, 0.3) is 0 Å². The summed E-state index contributed by atoms with van der Waals surface area (Å²) in [5.74, 6) is 2.54. The van der Waals surface area contributed by atoms with Gasteiger partial charge in [0.2, 0.25) is 5.89 Å². The van der Waals surface area contributed by atoms with E-state index in [1.54, 1.807) is 6.20 Å². The van der Waals surface area contributed by atoms with E-state index in [1.807, 2.05) is 55.5 Å². The Hall–Kier alpha value is -3.58. The number of ether oxygens (including phenoxy) is 2. The van der Waals surface area contributed by atoms with Crippen molar-refractivity contribution in [3.05, 3.63) is 76.9 Å². The fraction of sp³-hybridized carbons (Fsp3) is 0.240. The van der Waals surface area contributed by atoms with Crippen LogP contribution in [0.5, 0.6) is 5.75 Å². The van der Waals surface area contributed by atoms with E-state index in [4.69, 9.17) is 25.7 Å². The molecule has 0 unspecified atom stereocenters. The SMILES string of the molecule is COC(=O)Cc1ccc(OCCCc2oc(-c3cnc(C)[nH]3)nc2-c2ccc(Cl)cc2)cc1. The third-order valence-corrected chi connectivity index (χ3v) is 5.32. The first-order chi connectivity index (χ1) is 16.0. The summed E-state index contributed by atoms with van der Waals surface area (Å²) in [5, 5.41) is 0.666. The van der Waals surface area contributed by atoms with Gasteiger partial charge in [-0.2, -0.15) is 0 Å². The summed E-state index contributed by atoms with van der Waals surface area (Å²) in [6, 6.07) is 15.0. The molecule has 0 radical (unpaired) electrons. The molecule has 4 rings (SSSR count). The number of carbonyl (C=O) groups is 1. The third kappa shape index (κ3) is 5.81. The Morgan fingerprint density at radius 1 is 1.12 bits per heavy atom. The van der Waals surface area contributed by atoms with Crippen molar-refractivity contribution >= 4 is 17.6 Å². The maximum absolute atomic E-state index is 11.4. The Morgan fingerprint density at radius 2 is 1.88 bits per heavy atom. The predicted molar refractivity (Wildman–Crippen MR) is 125 cm³/mol. The molecule has 4 aromatic rings. The van der Waals surface area contributed by atoms with E-state index >= 15 is 0 Å². The van der Waals surface area contributed by atoms with Crippen molar-refractivity contribution in [1.82, 2.24) is 15.0 Å². The van der Waals surface area contributed by atoms with E-state index in [9.17, 15) is 4.79 Å².